The molecule has 0 spiro atoms. The second kappa shape index (κ2) is 8.96. The molecule has 2 aliphatic rings. The van der Waals surface area contributed by atoms with Crippen LogP contribution in [0.4, 0.5) is 10.6 Å². The lowest BCUT2D eigenvalue weighted by atomic mass is 9.79. The molecular weight excluding hydrogens is 434 g/mol. The summed E-state index contributed by atoms with van der Waals surface area (Å²) in [7, 11) is 1.49. The number of ether oxygens (including phenoxy) is 1. The molecule has 9 heteroatoms. The molecular formula is C25H31N5O4. The molecule has 3 heterocycles. The number of aryl methyl sites for hydroxylation is 2. The van der Waals surface area contributed by atoms with Crippen LogP contribution in [0.25, 0.3) is 0 Å². The highest BCUT2D eigenvalue weighted by molar-refractivity contribution is 6.08. The Balaban J connectivity index is 1.54. The van der Waals surface area contributed by atoms with Crippen LogP contribution in [0.2, 0.25) is 0 Å². The summed E-state index contributed by atoms with van der Waals surface area (Å²) in [6.45, 7) is 10.3. The molecule has 2 saturated heterocycles. The van der Waals surface area contributed by atoms with Crippen molar-refractivity contribution in [1.29, 1.82) is 0 Å². The number of rotatable bonds is 5. The van der Waals surface area contributed by atoms with Gasteiger partial charge in [-0.05, 0) is 43.0 Å². The van der Waals surface area contributed by atoms with Gasteiger partial charge in [-0.15, -0.1) is 0 Å². The van der Waals surface area contributed by atoms with E-state index in [1.165, 1.54) is 7.11 Å². The number of benzene rings is 1. The fourth-order valence-corrected chi connectivity index (χ4v) is 4.87. The Morgan fingerprint density at radius 1 is 1.12 bits per heavy atom. The van der Waals surface area contributed by atoms with E-state index in [9.17, 15) is 14.4 Å². The molecule has 1 aromatic heterocycles. The highest BCUT2D eigenvalue weighted by Gasteiger charge is 2.51. The van der Waals surface area contributed by atoms with E-state index in [0.717, 1.165) is 16.9 Å². The zero-order valence-corrected chi connectivity index (χ0v) is 20.3. The smallest absolute Gasteiger partial charge is 0.322 e. The Morgan fingerprint density at radius 2 is 1.82 bits per heavy atom. The van der Waals surface area contributed by atoms with Gasteiger partial charge in [0.2, 0.25) is 0 Å². The molecule has 0 bridgehead atoms. The van der Waals surface area contributed by atoms with Crippen molar-refractivity contribution >= 4 is 23.7 Å². The van der Waals surface area contributed by atoms with E-state index < -0.39 is 17.5 Å². The van der Waals surface area contributed by atoms with E-state index in [1.807, 2.05) is 31.9 Å². The highest BCUT2D eigenvalue weighted by Crippen LogP contribution is 2.39. The largest absolute Gasteiger partial charge is 0.496 e. The van der Waals surface area contributed by atoms with Crippen LogP contribution in [0.1, 0.15) is 40.9 Å². The lowest BCUT2D eigenvalue weighted by Gasteiger charge is -2.36. The first-order valence-electron chi connectivity index (χ1n) is 11.5. The molecule has 2 N–H and O–H groups in total. The van der Waals surface area contributed by atoms with E-state index >= 15 is 0 Å². The van der Waals surface area contributed by atoms with Crippen molar-refractivity contribution in [3.05, 3.63) is 52.7 Å². The van der Waals surface area contributed by atoms with E-state index in [1.54, 1.807) is 18.2 Å². The molecule has 0 saturated carbocycles. The molecule has 2 aromatic rings. The van der Waals surface area contributed by atoms with Gasteiger partial charge in [-0.25, -0.2) is 9.78 Å². The summed E-state index contributed by atoms with van der Waals surface area (Å²) >= 11 is 0. The first kappa shape index (κ1) is 23.5. The van der Waals surface area contributed by atoms with E-state index in [-0.39, 0.29) is 11.8 Å². The van der Waals surface area contributed by atoms with Gasteiger partial charge in [-0.3, -0.25) is 14.9 Å². The fourth-order valence-electron chi connectivity index (χ4n) is 4.87. The van der Waals surface area contributed by atoms with E-state index in [0.29, 0.717) is 43.1 Å². The van der Waals surface area contributed by atoms with Gasteiger partial charge in [0.15, 0.2) is 5.54 Å². The normalized spacial score (nSPS) is 20.4. The first-order valence-corrected chi connectivity index (χ1v) is 11.5. The molecule has 1 aromatic carbocycles. The fraction of sp³-hybridized carbons (Fsp3) is 0.440. The third kappa shape index (κ3) is 3.95. The number of urea groups is 1. The van der Waals surface area contributed by atoms with Crippen LogP contribution in [-0.4, -0.2) is 61.0 Å². The van der Waals surface area contributed by atoms with Crippen molar-refractivity contribution in [3.8, 4) is 5.75 Å². The molecule has 0 aliphatic carbocycles. The van der Waals surface area contributed by atoms with Crippen LogP contribution in [-0.2, 0) is 10.3 Å². The minimum absolute atomic E-state index is 0.100. The average molecular weight is 466 g/mol. The number of hydrogen-bond donors (Lipinski definition) is 2. The number of hydrogen-bond acceptors (Lipinski definition) is 6. The number of imide groups is 1. The third-order valence-electron chi connectivity index (χ3n) is 6.69. The van der Waals surface area contributed by atoms with Crippen molar-refractivity contribution in [2.24, 2.45) is 5.92 Å². The van der Waals surface area contributed by atoms with Gasteiger partial charge in [-0.1, -0.05) is 26.0 Å². The van der Waals surface area contributed by atoms with Gasteiger partial charge in [-0.2, -0.15) is 0 Å². The van der Waals surface area contributed by atoms with Gasteiger partial charge in [0.1, 0.15) is 11.6 Å². The number of nitrogens with zero attached hydrogens (tertiary/aromatic N) is 3. The zero-order valence-electron chi connectivity index (χ0n) is 20.3. The molecule has 0 radical (unpaired) electrons. The molecule has 4 rings (SSSR count). The number of nitrogens with one attached hydrogen (secondary N) is 2. The summed E-state index contributed by atoms with van der Waals surface area (Å²) in [5, 5.41) is 5.08. The first-order chi connectivity index (χ1) is 16.2. The lowest BCUT2D eigenvalue weighted by molar-refractivity contribution is -0.125. The van der Waals surface area contributed by atoms with Crippen molar-refractivity contribution in [1.82, 2.24) is 20.5 Å². The Hall–Kier alpha value is -3.62. The molecule has 9 nitrogen and oxygen atoms in total. The Kier molecular flexibility index (Phi) is 6.20. The van der Waals surface area contributed by atoms with Crippen LogP contribution >= 0.6 is 0 Å². The maximum Gasteiger partial charge on any atom is 0.322 e. The molecule has 4 amide bonds. The topological polar surface area (TPSA) is 104 Å². The summed E-state index contributed by atoms with van der Waals surface area (Å²) in [5.41, 5.74) is 2.00. The Labute approximate surface area is 199 Å². The van der Waals surface area contributed by atoms with E-state index in [2.05, 4.69) is 33.5 Å². The molecule has 2 aliphatic heterocycles. The van der Waals surface area contributed by atoms with Crippen molar-refractivity contribution in [2.45, 2.75) is 33.2 Å². The van der Waals surface area contributed by atoms with Gasteiger partial charge in [0.25, 0.3) is 11.8 Å². The number of piperazine rings is 1. The molecule has 34 heavy (non-hydrogen) atoms. The van der Waals surface area contributed by atoms with Crippen LogP contribution in [0.15, 0.2) is 30.5 Å². The molecule has 2 fully saturated rings. The van der Waals surface area contributed by atoms with Crippen LogP contribution < -0.4 is 20.3 Å². The zero-order chi connectivity index (χ0) is 24.6. The van der Waals surface area contributed by atoms with E-state index in [4.69, 9.17) is 4.74 Å². The number of carbonyl (C=O) groups excluding carboxylic acids is 3. The number of aromatic nitrogens is 1. The Morgan fingerprint density at radius 3 is 2.38 bits per heavy atom. The number of pyridine rings is 1. The highest BCUT2D eigenvalue weighted by atomic mass is 16.5. The summed E-state index contributed by atoms with van der Waals surface area (Å²) in [6.07, 6.45) is 1.87. The summed E-state index contributed by atoms with van der Waals surface area (Å²) in [4.78, 5) is 46.5. The monoisotopic (exact) mass is 465 g/mol. The minimum atomic E-state index is -1.26. The molecule has 0 unspecified atom stereocenters. The minimum Gasteiger partial charge on any atom is -0.496 e. The van der Waals surface area contributed by atoms with Gasteiger partial charge in [0, 0.05) is 43.5 Å². The molecule has 1 atom stereocenters. The quantitative estimate of drug-likeness (QED) is 0.657. The molecule has 180 valence electrons. The summed E-state index contributed by atoms with van der Waals surface area (Å²) in [5.74, 6) is 0.577. The van der Waals surface area contributed by atoms with Gasteiger partial charge < -0.3 is 19.9 Å². The van der Waals surface area contributed by atoms with Crippen LogP contribution in [0, 0.1) is 19.8 Å². The SMILES string of the molecule is COc1cc(C(=O)N2CCN(c3ncc(C)cc3C)CC2)ccc1[C@]1(C(C)C)NC(=O)NC1=O. The van der Waals surface area contributed by atoms with Crippen LogP contribution in [0.3, 0.4) is 0 Å². The van der Waals surface area contributed by atoms with Crippen molar-refractivity contribution in [3.63, 3.8) is 0 Å². The van der Waals surface area contributed by atoms with Crippen molar-refractivity contribution in [2.75, 3.05) is 38.2 Å². The average Bonchev–Trinajstić information content (AvgIpc) is 3.13. The van der Waals surface area contributed by atoms with Gasteiger partial charge in [0.05, 0.1) is 7.11 Å². The number of amides is 4. The Bertz CT molecular complexity index is 1140. The second-order valence-corrected chi connectivity index (χ2v) is 9.22. The van der Waals surface area contributed by atoms with Crippen molar-refractivity contribution < 1.29 is 19.1 Å². The third-order valence-corrected chi connectivity index (χ3v) is 6.69. The summed E-state index contributed by atoms with van der Waals surface area (Å²) in [6, 6.07) is 6.62. The number of anilines is 1. The van der Waals surface area contributed by atoms with Crippen LogP contribution in [0.5, 0.6) is 5.75 Å². The second-order valence-electron chi connectivity index (χ2n) is 9.22. The predicted octanol–water partition coefficient (Wildman–Crippen LogP) is 2.36. The summed E-state index contributed by atoms with van der Waals surface area (Å²) < 4.78 is 5.57. The predicted molar refractivity (Wildman–Crippen MR) is 128 cm³/mol. The number of carbonyl (C=O) groups is 3. The lowest BCUT2D eigenvalue weighted by Crippen LogP contribution is -2.49. The number of methoxy groups -OCH3 is 1. The standard InChI is InChI=1S/C25H31N5O4/c1-15(2)25(23(32)27-24(33)28-25)19-7-6-18(13-20(19)34-5)22(31)30-10-8-29(9-11-30)21-17(4)12-16(3)14-26-21/h6-7,12-15H,8-11H2,1-5H3,(H2,27,28,32,33)/t25-/m0/s1. The maximum atomic E-state index is 13.3. The van der Waals surface area contributed by atoms with Gasteiger partial charge >= 0.3 is 6.03 Å². The maximum absolute atomic E-state index is 13.3.